The predicted molar refractivity (Wildman–Crippen MR) is 50.0 cm³/mol. The van der Waals surface area contributed by atoms with E-state index in [1.165, 1.54) is 4.31 Å². The molecule has 0 aromatic carbocycles. The first-order valence-electron chi connectivity index (χ1n) is 4.18. The van der Waals surface area contributed by atoms with Gasteiger partial charge in [-0.25, -0.2) is 8.42 Å². The summed E-state index contributed by atoms with van der Waals surface area (Å²) in [5.41, 5.74) is 0. The van der Waals surface area contributed by atoms with Crippen LogP contribution in [-0.2, 0) is 14.8 Å². The zero-order valence-corrected chi connectivity index (χ0v) is 8.94. The summed E-state index contributed by atoms with van der Waals surface area (Å²) in [5, 5.41) is -0.575. The minimum absolute atomic E-state index is 0.0215. The van der Waals surface area contributed by atoms with Crippen LogP contribution in [0, 0.1) is 0 Å². The van der Waals surface area contributed by atoms with Gasteiger partial charge in [0, 0.05) is 6.54 Å². The molecule has 0 N–H and O–H groups in total. The van der Waals surface area contributed by atoms with Crippen LogP contribution in [0.15, 0.2) is 0 Å². The van der Waals surface area contributed by atoms with Crippen molar-refractivity contribution in [3.05, 3.63) is 0 Å². The molecule has 0 aromatic heterocycles. The summed E-state index contributed by atoms with van der Waals surface area (Å²) in [6.45, 7) is 1.97. The molecule has 0 bridgehead atoms. The van der Waals surface area contributed by atoms with E-state index in [4.69, 9.17) is 11.6 Å². The van der Waals surface area contributed by atoms with Crippen molar-refractivity contribution in [3.63, 3.8) is 0 Å². The lowest BCUT2D eigenvalue weighted by molar-refractivity contribution is -0.114. The van der Waals surface area contributed by atoms with Crippen LogP contribution >= 0.6 is 11.6 Å². The van der Waals surface area contributed by atoms with Gasteiger partial charge in [0.1, 0.15) is 0 Å². The maximum absolute atomic E-state index is 11.4. The Morgan fingerprint density at radius 3 is 2.69 bits per heavy atom. The Bertz CT molecular complexity index is 301. The van der Waals surface area contributed by atoms with E-state index in [0.717, 1.165) is 0 Å². The number of rotatable bonds is 3. The van der Waals surface area contributed by atoms with Gasteiger partial charge in [0.15, 0.2) is 0 Å². The summed E-state index contributed by atoms with van der Waals surface area (Å²) in [6.07, 6.45) is 1.25. The van der Waals surface area contributed by atoms with E-state index < -0.39 is 21.3 Å². The fourth-order valence-corrected chi connectivity index (χ4v) is 3.08. The highest BCUT2D eigenvalue weighted by Gasteiger charge is 2.36. The minimum atomic E-state index is -3.26. The second kappa shape index (κ2) is 3.94. The fourth-order valence-electron chi connectivity index (χ4n) is 1.47. The van der Waals surface area contributed by atoms with Gasteiger partial charge in [-0.2, -0.15) is 4.31 Å². The lowest BCUT2D eigenvalue weighted by Crippen LogP contribution is -2.39. The van der Waals surface area contributed by atoms with E-state index in [2.05, 4.69) is 0 Å². The van der Waals surface area contributed by atoms with Crippen molar-refractivity contribution < 1.29 is 13.2 Å². The van der Waals surface area contributed by atoms with Gasteiger partial charge in [-0.05, 0) is 31.4 Å². The Kier molecular flexibility index (Phi) is 3.32. The van der Waals surface area contributed by atoms with Crippen LogP contribution in [0.1, 0.15) is 19.8 Å². The molecule has 13 heavy (non-hydrogen) atoms. The van der Waals surface area contributed by atoms with E-state index in [-0.39, 0.29) is 5.75 Å². The van der Waals surface area contributed by atoms with Gasteiger partial charge < -0.3 is 0 Å². The van der Waals surface area contributed by atoms with Gasteiger partial charge in [0.05, 0.1) is 11.8 Å². The zero-order valence-electron chi connectivity index (χ0n) is 7.36. The molecule has 1 heterocycles. The average molecular weight is 226 g/mol. The normalized spacial score (nSPS) is 24.9. The molecule has 0 radical (unpaired) electrons. The summed E-state index contributed by atoms with van der Waals surface area (Å²) in [4.78, 5) is 10.9. The van der Waals surface area contributed by atoms with Gasteiger partial charge in [0.2, 0.25) is 15.3 Å². The monoisotopic (exact) mass is 225 g/mol. The van der Waals surface area contributed by atoms with Crippen LogP contribution in [0.3, 0.4) is 0 Å². The molecule has 1 saturated heterocycles. The minimum Gasteiger partial charge on any atom is -0.279 e. The van der Waals surface area contributed by atoms with E-state index in [1.807, 2.05) is 0 Å². The highest BCUT2D eigenvalue weighted by molar-refractivity contribution is 7.89. The van der Waals surface area contributed by atoms with Crippen LogP contribution in [0.5, 0.6) is 0 Å². The third-order valence-corrected chi connectivity index (χ3v) is 4.32. The van der Waals surface area contributed by atoms with Gasteiger partial charge >= 0.3 is 0 Å². The van der Waals surface area contributed by atoms with Crippen molar-refractivity contribution in [3.8, 4) is 0 Å². The van der Waals surface area contributed by atoms with Gasteiger partial charge in [0.25, 0.3) is 0 Å². The molecule has 4 nitrogen and oxygen atoms in total. The third kappa shape index (κ3) is 2.21. The van der Waals surface area contributed by atoms with Crippen LogP contribution in [0.4, 0.5) is 0 Å². The molecule has 0 spiro atoms. The largest absolute Gasteiger partial charge is 0.279 e. The van der Waals surface area contributed by atoms with Crippen molar-refractivity contribution in [1.29, 1.82) is 0 Å². The van der Waals surface area contributed by atoms with Gasteiger partial charge in [-0.15, -0.1) is 0 Å². The number of nitrogens with zero attached hydrogens (tertiary/aromatic N) is 1. The van der Waals surface area contributed by atoms with E-state index in [0.29, 0.717) is 19.4 Å². The molecule has 0 amide bonds. The average Bonchev–Trinajstić information content (AvgIpc) is 2.52. The van der Waals surface area contributed by atoms with Crippen molar-refractivity contribution in [2.75, 3.05) is 12.3 Å². The second-order valence-electron chi connectivity index (χ2n) is 2.97. The lowest BCUT2D eigenvalue weighted by atomic mass is 10.2. The van der Waals surface area contributed by atoms with E-state index in [9.17, 15) is 13.2 Å². The first-order valence-corrected chi connectivity index (χ1v) is 6.16. The number of halogens is 1. The number of hydrogen-bond donors (Lipinski definition) is 0. The van der Waals surface area contributed by atoms with Gasteiger partial charge in [-0.1, -0.05) is 0 Å². The smallest absolute Gasteiger partial charge is 0.239 e. The van der Waals surface area contributed by atoms with Crippen molar-refractivity contribution >= 4 is 26.9 Å². The number of hydrogen-bond acceptors (Lipinski definition) is 3. The van der Waals surface area contributed by atoms with Crippen LogP contribution in [-0.4, -0.2) is 36.3 Å². The molecule has 1 unspecified atom stereocenters. The Hall–Kier alpha value is -0.130. The summed E-state index contributed by atoms with van der Waals surface area (Å²) in [6, 6.07) is -0.633. The van der Waals surface area contributed by atoms with E-state index >= 15 is 0 Å². The summed E-state index contributed by atoms with van der Waals surface area (Å²) < 4.78 is 24.1. The molecule has 0 saturated carbocycles. The molecular formula is C7H12ClNO3S. The molecule has 1 rings (SSSR count). The van der Waals surface area contributed by atoms with Crippen LogP contribution < -0.4 is 0 Å². The first kappa shape index (κ1) is 10.9. The summed E-state index contributed by atoms with van der Waals surface area (Å²) in [7, 11) is -3.26. The SMILES string of the molecule is CCS(=O)(=O)N1CCCC1C(=O)Cl. The zero-order chi connectivity index (χ0) is 10.1. The topological polar surface area (TPSA) is 54.5 Å². The molecule has 6 heteroatoms. The lowest BCUT2D eigenvalue weighted by Gasteiger charge is -2.19. The highest BCUT2D eigenvalue weighted by Crippen LogP contribution is 2.22. The number of carbonyl (C=O) groups excluding carboxylic acids is 1. The molecule has 1 fully saturated rings. The van der Waals surface area contributed by atoms with Crippen LogP contribution in [0.2, 0.25) is 0 Å². The Morgan fingerprint density at radius 2 is 2.23 bits per heavy atom. The molecule has 1 atom stereocenters. The predicted octanol–water partition coefficient (Wildman–Crippen LogP) is 0.566. The molecule has 76 valence electrons. The Balaban J connectivity index is 2.86. The van der Waals surface area contributed by atoms with Crippen molar-refractivity contribution in [2.45, 2.75) is 25.8 Å². The Morgan fingerprint density at radius 1 is 1.62 bits per heavy atom. The summed E-state index contributed by atoms with van der Waals surface area (Å²) in [5.74, 6) is 0.0215. The van der Waals surface area contributed by atoms with Crippen molar-refractivity contribution in [1.82, 2.24) is 4.31 Å². The highest BCUT2D eigenvalue weighted by atomic mass is 35.5. The van der Waals surface area contributed by atoms with Crippen LogP contribution in [0.25, 0.3) is 0 Å². The quantitative estimate of drug-likeness (QED) is 0.660. The fraction of sp³-hybridized carbons (Fsp3) is 0.857. The first-order chi connectivity index (χ1) is 5.99. The third-order valence-electron chi connectivity index (χ3n) is 2.19. The van der Waals surface area contributed by atoms with E-state index in [1.54, 1.807) is 6.92 Å². The van der Waals surface area contributed by atoms with Crippen molar-refractivity contribution in [2.24, 2.45) is 0 Å². The Labute approximate surface area is 82.9 Å². The second-order valence-corrected chi connectivity index (χ2v) is 5.56. The maximum atomic E-state index is 11.4. The van der Waals surface area contributed by atoms with Gasteiger partial charge in [-0.3, -0.25) is 4.79 Å². The number of sulfonamides is 1. The summed E-state index contributed by atoms with van der Waals surface area (Å²) >= 11 is 5.30. The molecular weight excluding hydrogens is 214 g/mol. The standard InChI is InChI=1S/C7H12ClNO3S/c1-2-13(11,12)9-5-3-4-6(9)7(8)10/h6H,2-5H2,1H3. The molecule has 0 aromatic rings. The molecule has 1 aliphatic heterocycles. The number of carbonyl (C=O) groups is 1. The molecule has 0 aliphatic carbocycles. The molecule has 1 aliphatic rings. The maximum Gasteiger partial charge on any atom is 0.239 e.